The van der Waals surface area contributed by atoms with Crippen LogP contribution in [-0.2, 0) is 9.53 Å². The molecule has 1 aromatic heterocycles. The van der Waals surface area contributed by atoms with Gasteiger partial charge in [-0.2, -0.15) is 0 Å². The van der Waals surface area contributed by atoms with E-state index in [1.165, 1.54) is 18.9 Å². The number of benzene rings is 1. The number of rotatable bonds is 6. The molecule has 1 amide bonds. The molecule has 1 aliphatic carbocycles. The fourth-order valence-corrected chi connectivity index (χ4v) is 3.93. The van der Waals surface area contributed by atoms with Gasteiger partial charge in [0.15, 0.2) is 6.61 Å². The largest absolute Gasteiger partial charge is 0.484 e. The van der Waals surface area contributed by atoms with E-state index in [1.807, 2.05) is 38.1 Å². The van der Waals surface area contributed by atoms with Crippen molar-refractivity contribution in [3.8, 4) is 17.6 Å². The number of pyridine rings is 1. The Morgan fingerprint density at radius 1 is 1.19 bits per heavy atom. The van der Waals surface area contributed by atoms with Gasteiger partial charge in [0.2, 0.25) is 0 Å². The van der Waals surface area contributed by atoms with Gasteiger partial charge in [-0.25, -0.2) is 0 Å². The fourth-order valence-electron chi connectivity index (χ4n) is 3.93. The van der Waals surface area contributed by atoms with Gasteiger partial charge in [-0.1, -0.05) is 24.0 Å². The van der Waals surface area contributed by atoms with Gasteiger partial charge in [0.25, 0.3) is 11.5 Å². The summed E-state index contributed by atoms with van der Waals surface area (Å²) in [4.78, 5) is 25.0. The predicted molar refractivity (Wildman–Crippen MR) is 123 cm³/mol. The maximum absolute atomic E-state index is 12.8. The zero-order valence-electron chi connectivity index (χ0n) is 18.7. The summed E-state index contributed by atoms with van der Waals surface area (Å²) < 4.78 is 12.6. The van der Waals surface area contributed by atoms with Crippen LogP contribution in [0.2, 0.25) is 0 Å². The van der Waals surface area contributed by atoms with Crippen LogP contribution in [0, 0.1) is 24.7 Å². The van der Waals surface area contributed by atoms with E-state index in [1.54, 1.807) is 10.6 Å². The van der Waals surface area contributed by atoms with Gasteiger partial charge >= 0.3 is 0 Å². The van der Waals surface area contributed by atoms with E-state index in [0.29, 0.717) is 24.9 Å². The topological polar surface area (TPSA) is 69.6 Å². The molecule has 1 saturated heterocycles. The van der Waals surface area contributed by atoms with E-state index in [0.717, 1.165) is 29.7 Å². The molecule has 2 aromatic rings. The third-order valence-corrected chi connectivity index (χ3v) is 5.97. The SMILES string of the molecule is Cc1cc(OCC(=O)NC2CCOCC2)cc(=O)n1[C@H](C)c1ccc(C#CC2CC2)cc1. The van der Waals surface area contributed by atoms with Crippen molar-refractivity contribution >= 4 is 5.91 Å². The third kappa shape index (κ3) is 5.80. The molecular formula is C26H30N2O4. The monoisotopic (exact) mass is 434 g/mol. The standard InChI is InChI=1S/C26H30N2O4/c1-18-15-24(32-17-25(29)27-23-11-13-31-14-12-23)16-26(30)28(18)19(2)22-9-7-21(8-10-22)6-5-20-3-4-20/h7-10,15-16,19-20,23H,3-4,11-14,17H2,1-2H3,(H,27,29)/t19-/m1/s1. The van der Waals surface area contributed by atoms with Gasteiger partial charge in [-0.15, -0.1) is 0 Å². The maximum atomic E-state index is 12.8. The molecule has 1 atom stereocenters. The number of aryl methyl sites for hydroxylation is 1. The average Bonchev–Trinajstić information content (AvgIpc) is 3.61. The van der Waals surface area contributed by atoms with Crippen LogP contribution in [0.4, 0.5) is 0 Å². The van der Waals surface area contributed by atoms with Crippen molar-refractivity contribution < 1.29 is 14.3 Å². The lowest BCUT2D eigenvalue weighted by molar-refractivity contribution is -0.124. The number of ether oxygens (including phenoxy) is 2. The van der Waals surface area contributed by atoms with Crippen LogP contribution in [0.25, 0.3) is 0 Å². The molecule has 6 nitrogen and oxygen atoms in total. The minimum absolute atomic E-state index is 0.112. The summed E-state index contributed by atoms with van der Waals surface area (Å²) in [7, 11) is 0. The van der Waals surface area contributed by atoms with Crippen molar-refractivity contribution in [1.29, 1.82) is 0 Å². The number of carbonyl (C=O) groups is 1. The second kappa shape index (κ2) is 10.1. The number of nitrogens with zero attached hydrogens (tertiary/aromatic N) is 1. The summed E-state index contributed by atoms with van der Waals surface area (Å²) in [6.45, 7) is 5.10. The minimum Gasteiger partial charge on any atom is -0.484 e. The van der Waals surface area contributed by atoms with E-state index < -0.39 is 0 Å². The molecule has 1 aromatic carbocycles. The van der Waals surface area contributed by atoms with Gasteiger partial charge in [0.1, 0.15) is 5.75 Å². The highest BCUT2D eigenvalue weighted by Crippen LogP contribution is 2.27. The number of hydrogen-bond donors (Lipinski definition) is 1. The number of nitrogens with one attached hydrogen (secondary N) is 1. The van der Waals surface area contributed by atoms with Gasteiger partial charge in [-0.3, -0.25) is 9.59 Å². The zero-order valence-corrected chi connectivity index (χ0v) is 18.7. The van der Waals surface area contributed by atoms with Crippen molar-refractivity contribution in [2.45, 2.75) is 51.6 Å². The Balaban J connectivity index is 1.38. The van der Waals surface area contributed by atoms with Gasteiger partial charge < -0.3 is 19.4 Å². The Hall–Kier alpha value is -3.04. The average molecular weight is 435 g/mol. The lowest BCUT2D eigenvalue weighted by Crippen LogP contribution is -2.41. The van der Waals surface area contributed by atoms with Crippen LogP contribution in [0.5, 0.6) is 5.75 Å². The highest BCUT2D eigenvalue weighted by Gasteiger charge is 2.18. The highest BCUT2D eigenvalue weighted by atomic mass is 16.5. The Morgan fingerprint density at radius 2 is 1.91 bits per heavy atom. The summed E-state index contributed by atoms with van der Waals surface area (Å²) in [5, 5.41) is 2.96. The van der Waals surface area contributed by atoms with Crippen LogP contribution >= 0.6 is 0 Å². The second-order valence-corrected chi connectivity index (χ2v) is 8.63. The van der Waals surface area contributed by atoms with E-state index >= 15 is 0 Å². The molecule has 168 valence electrons. The Bertz CT molecular complexity index is 1070. The van der Waals surface area contributed by atoms with Crippen LogP contribution in [0.1, 0.15) is 55.5 Å². The molecule has 0 radical (unpaired) electrons. The first-order valence-electron chi connectivity index (χ1n) is 11.3. The van der Waals surface area contributed by atoms with Crippen molar-refractivity contribution in [3.05, 3.63) is 63.6 Å². The van der Waals surface area contributed by atoms with Gasteiger partial charge in [0, 0.05) is 42.5 Å². The molecule has 1 saturated carbocycles. The second-order valence-electron chi connectivity index (χ2n) is 8.63. The van der Waals surface area contributed by atoms with Crippen molar-refractivity contribution in [3.63, 3.8) is 0 Å². The Labute approximate surface area is 188 Å². The molecule has 2 heterocycles. The first-order chi connectivity index (χ1) is 15.5. The van der Waals surface area contributed by atoms with Crippen molar-refractivity contribution in [1.82, 2.24) is 9.88 Å². The first kappa shape index (κ1) is 22.2. The number of hydrogen-bond acceptors (Lipinski definition) is 4. The van der Waals surface area contributed by atoms with Gasteiger partial charge in [0.05, 0.1) is 6.04 Å². The first-order valence-corrected chi connectivity index (χ1v) is 11.3. The summed E-state index contributed by atoms with van der Waals surface area (Å²) in [5.41, 5.74) is 2.66. The number of aromatic nitrogens is 1. The molecular weight excluding hydrogens is 404 g/mol. The smallest absolute Gasteiger partial charge is 0.258 e. The van der Waals surface area contributed by atoms with Crippen LogP contribution < -0.4 is 15.6 Å². The third-order valence-electron chi connectivity index (χ3n) is 5.97. The molecule has 0 spiro atoms. The minimum atomic E-state index is -0.183. The molecule has 4 rings (SSSR count). The fraction of sp³-hybridized carbons (Fsp3) is 0.462. The van der Waals surface area contributed by atoms with Crippen molar-refractivity contribution in [2.24, 2.45) is 5.92 Å². The molecule has 32 heavy (non-hydrogen) atoms. The summed E-state index contributed by atoms with van der Waals surface area (Å²) >= 11 is 0. The molecule has 2 aliphatic rings. The van der Waals surface area contributed by atoms with Crippen LogP contribution in [0.15, 0.2) is 41.2 Å². The van der Waals surface area contributed by atoms with Crippen LogP contribution in [0.3, 0.4) is 0 Å². The quantitative estimate of drug-likeness (QED) is 0.709. The number of carbonyl (C=O) groups excluding carboxylic acids is 1. The Kier molecular flexibility index (Phi) is 6.96. The normalized spacial score (nSPS) is 17.2. The molecule has 0 bridgehead atoms. The van der Waals surface area contributed by atoms with E-state index in [2.05, 4.69) is 17.2 Å². The van der Waals surface area contributed by atoms with Crippen molar-refractivity contribution in [2.75, 3.05) is 19.8 Å². The molecule has 2 fully saturated rings. The predicted octanol–water partition coefficient (Wildman–Crippen LogP) is 3.20. The summed E-state index contributed by atoms with van der Waals surface area (Å²) in [6.07, 6.45) is 4.05. The van der Waals surface area contributed by atoms with E-state index in [4.69, 9.17) is 9.47 Å². The molecule has 6 heteroatoms. The lowest BCUT2D eigenvalue weighted by Gasteiger charge is -2.23. The summed E-state index contributed by atoms with van der Waals surface area (Å²) in [5.74, 6) is 7.28. The zero-order chi connectivity index (χ0) is 22.5. The molecule has 1 N–H and O–H groups in total. The van der Waals surface area contributed by atoms with Crippen LogP contribution in [-0.4, -0.2) is 36.3 Å². The summed E-state index contributed by atoms with van der Waals surface area (Å²) in [6, 6.07) is 11.3. The van der Waals surface area contributed by atoms with Gasteiger partial charge in [-0.05, 0) is 63.3 Å². The van der Waals surface area contributed by atoms with E-state index in [-0.39, 0.29) is 30.2 Å². The highest BCUT2D eigenvalue weighted by molar-refractivity contribution is 5.77. The molecule has 0 unspecified atom stereocenters. The lowest BCUT2D eigenvalue weighted by atomic mass is 10.1. The number of amides is 1. The molecule has 1 aliphatic heterocycles. The van der Waals surface area contributed by atoms with E-state index in [9.17, 15) is 9.59 Å². The Morgan fingerprint density at radius 3 is 2.56 bits per heavy atom. The maximum Gasteiger partial charge on any atom is 0.258 e.